The third kappa shape index (κ3) is 4.90. The third-order valence-electron chi connectivity index (χ3n) is 4.44. The molecule has 1 aliphatic heterocycles. The Bertz CT molecular complexity index is 850. The zero-order chi connectivity index (χ0) is 19.4. The summed E-state index contributed by atoms with van der Waals surface area (Å²) in [5, 5.41) is 5.95. The number of primary amides is 1. The number of nitrogens with two attached hydrogens (primary N) is 1. The minimum atomic E-state index is -0.681. The van der Waals surface area contributed by atoms with E-state index >= 15 is 0 Å². The van der Waals surface area contributed by atoms with Crippen molar-refractivity contribution < 1.29 is 9.59 Å². The molecule has 0 spiro atoms. The molecule has 1 heterocycles. The standard InChI is InChI=1S/C19H22ClN5O2/c1-24-7-9-25(10-8-24)17-6-5-14(20)12-16(17)23-18(26)13-3-2-4-15(11-13)22-19(21)27/h2-6,11-12H,7-10H2,1H3,(H,23,26)(H3,21,22,27). The molecule has 0 unspecified atom stereocenters. The molecule has 7 nitrogen and oxygen atoms in total. The van der Waals surface area contributed by atoms with E-state index in [1.807, 2.05) is 12.1 Å². The van der Waals surface area contributed by atoms with Gasteiger partial charge in [-0.1, -0.05) is 17.7 Å². The topological polar surface area (TPSA) is 90.7 Å². The van der Waals surface area contributed by atoms with Crippen molar-refractivity contribution in [2.24, 2.45) is 5.73 Å². The Morgan fingerprint density at radius 1 is 1.04 bits per heavy atom. The van der Waals surface area contributed by atoms with Crippen molar-refractivity contribution in [3.63, 3.8) is 0 Å². The molecule has 27 heavy (non-hydrogen) atoms. The highest BCUT2D eigenvalue weighted by Gasteiger charge is 2.19. The Morgan fingerprint density at radius 2 is 1.78 bits per heavy atom. The second kappa shape index (κ2) is 8.28. The molecule has 0 radical (unpaired) electrons. The molecule has 0 aromatic heterocycles. The SMILES string of the molecule is CN1CCN(c2ccc(Cl)cc2NC(=O)c2cccc(NC(N)=O)c2)CC1. The molecule has 3 rings (SSSR count). The van der Waals surface area contributed by atoms with Gasteiger partial charge in [0.2, 0.25) is 0 Å². The zero-order valence-electron chi connectivity index (χ0n) is 15.0. The number of halogens is 1. The number of benzene rings is 2. The van der Waals surface area contributed by atoms with Crippen LogP contribution < -0.4 is 21.3 Å². The van der Waals surface area contributed by atoms with Gasteiger partial charge in [0, 0.05) is 42.5 Å². The maximum absolute atomic E-state index is 12.7. The molecule has 4 N–H and O–H groups in total. The Balaban J connectivity index is 1.81. The zero-order valence-corrected chi connectivity index (χ0v) is 15.8. The van der Waals surface area contributed by atoms with Crippen LogP contribution in [0.5, 0.6) is 0 Å². The highest BCUT2D eigenvalue weighted by molar-refractivity contribution is 6.31. The summed E-state index contributed by atoms with van der Waals surface area (Å²) in [6, 6.07) is 11.4. The van der Waals surface area contributed by atoms with Crippen molar-refractivity contribution in [1.82, 2.24) is 4.90 Å². The predicted octanol–water partition coefficient (Wildman–Crippen LogP) is 2.83. The summed E-state index contributed by atoms with van der Waals surface area (Å²) in [7, 11) is 2.09. The molecule has 1 fully saturated rings. The Kier molecular flexibility index (Phi) is 5.83. The Hall–Kier alpha value is -2.77. The first-order valence-electron chi connectivity index (χ1n) is 8.63. The van der Waals surface area contributed by atoms with Crippen LogP contribution in [0, 0.1) is 0 Å². The molecule has 0 aliphatic carbocycles. The molecule has 142 valence electrons. The first kappa shape index (κ1) is 19.0. The number of hydrogen-bond donors (Lipinski definition) is 3. The fraction of sp³-hybridized carbons (Fsp3) is 0.263. The van der Waals surface area contributed by atoms with Gasteiger partial charge in [0.1, 0.15) is 0 Å². The summed E-state index contributed by atoms with van der Waals surface area (Å²) in [6.07, 6.45) is 0. The van der Waals surface area contributed by atoms with Crippen molar-refractivity contribution in [2.75, 3.05) is 48.8 Å². The van der Waals surface area contributed by atoms with Crippen LogP contribution in [-0.4, -0.2) is 50.1 Å². The number of anilines is 3. The second-order valence-electron chi connectivity index (χ2n) is 6.48. The van der Waals surface area contributed by atoms with Gasteiger partial charge in [0.15, 0.2) is 0 Å². The lowest BCUT2D eigenvalue weighted by molar-refractivity contribution is 0.102. The number of piperazine rings is 1. The molecule has 8 heteroatoms. The number of amides is 3. The lowest BCUT2D eigenvalue weighted by Gasteiger charge is -2.35. The number of likely N-dealkylation sites (N-methyl/N-ethyl adjacent to an activating group) is 1. The molecule has 1 saturated heterocycles. The number of carbonyl (C=O) groups excluding carboxylic acids is 2. The van der Waals surface area contributed by atoms with E-state index in [0.29, 0.717) is 22.0 Å². The van der Waals surface area contributed by atoms with E-state index in [4.69, 9.17) is 17.3 Å². The van der Waals surface area contributed by atoms with Gasteiger partial charge in [-0.3, -0.25) is 4.79 Å². The highest BCUT2D eigenvalue weighted by atomic mass is 35.5. The maximum atomic E-state index is 12.7. The molecule has 0 bridgehead atoms. The molecular formula is C19H22ClN5O2. The van der Waals surface area contributed by atoms with E-state index in [0.717, 1.165) is 31.9 Å². The van der Waals surface area contributed by atoms with Crippen molar-refractivity contribution in [3.8, 4) is 0 Å². The number of urea groups is 1. The Morgan fingerprint density at radius 3 is 2.48 bits per heavy atom. The first-order valence-corrected chi connectivity index (χ1v) is 9.01. The predicted molar refractivity (Wildman–Crippen MR) is 109 cm³/mol. The Labute approximate surface area is 163 Å². The van der Waals surface area contributed by atoms with Crippen LogP contribution >= 0.6 is 11.6 Å². The monoisotopic (exact) mass is 387 g/mol. The molecule has 2 aromatic carbocycles. The summed E-state index contributed by atoms with van der Waals surface area (Å²) in [5.41, 5.74) is 7.59. The number of nitrogens with zero attached hydrogens (tertiary/aromatic N) is 2. The van der Waals surface area contributed by atoms with Crippen molar-refractivity contribution in [3.05, 3.63) is 53.1 Å². The molecule has 2 aromatic rings. The van der Waals surface area contributed by atoms with Gasteiger partial charge in [-0.25, -0.2) is 4.79 Å². The second-order valence-corrected chi connectivity index (χ2v) is 6.91. The quantitative estimate of drug-likeness (QED) is 0.752. The van der Waals surface area contributed by atoms with Crippen molar-refractivity contribution in [2.45, 2.75) is 0 Å². The lowest BCUT2D eigenvalue weighted by atomic mass is 10.1. The van der Waals surface area contributed by atoms with Gasteiger partial charge in [0.05, 0.1) is 11.4 Å². The average molecular weight is 388 g/mol. The van der Waals surface area contributed by atoms with Crippen LogP contribution in [0.3, 0.4) is 0 Å². The third-order valence-corrected chi connectivity index (χ3v) is 4.68. The molecule has 0 saturated carbocycles. The normalized spacial score (nSPS) is 14.7. The molecular weight excluding hydrogens is 366 g/mol. The molecule has 3 amide bonds. The largest absolute Gasteiger partial charge is 0.367 e. The van der Waals surface area contributed by atoms with Crippen molar-refractivity contribution in [1.29, 1.82) is 0 Å². The van der Waals surface area contributed by atoms with Gasteiger partial charge in [0.25, 0.3) is 5.91 Å². The smallest absolute Gasteiger partial charge is 0.316 e. The fourth-order valence-electron chi connectivity index (χ4n) is 3.01. The fourth-order valence-corrected chi connectivity index (χ4v) is 3.18. The number of carbonyl (C=O) groups is 2. The van der Waals surface area contributed by atoms with Gasteiger partial charge < -0.3 is 26.2 Å². The first-order chi connectivity index (χ1) is 12.9. The lowest BCUT2D eigenvalue weighted by Crippen LogP contribution is -2.44. The summed E-state index contributed by atoms with van der Waals surface area (Å²) < 4.78 is 0. The summed E-state index contributed by atoms with van der Waals surface area (Å²) in [5.74, 6) is -0.291. The number of hydrogen-bond acceptors (Lipinski definition) is 4. The van der Waals surface area contributed by atoms with Gasteiger partial charge in [-0.05, 0) is 43.4 Å². The molecule has 1 aliphatic rings. The maximum Gasteiger partial charge on any atom is 0.316 e. The van der Waals surface area contributed by atoms with E-state index in [2.05, 4.69) is 27.5 Å². The van der Waals surface area contributed by atoms with Crippen LogP contribution in [0.25, 0.3) is 0 Å². The minimum absolute atomic E-state index is 0.291. The minimum Gasteiger partial charge on any atom is -0.367 e. The molecule has 0 atom stereocenters. The van der Waals surface area contributed by atoms with Crippen molar-refractivity contribution >= 4 is 40.6 Å². The van der Waals surface area contributed by atoms with Gasteiger partial charge in [-0.15, -0.1) is 0 Å². The van der Waals surface area contributed by atoms with Gasteiger partial charge in [-0.2, -0.15) is 0 Å². The number of nitrogens with one attached hydrogen (secondary N) is 2. The van der Waals surface area contributed by atoms with Crippen LogP contribution in [0.2, 0.25) is 5.02 Å². The van der Waals surface area contributed by atoms with E-state index < -0.39 is 6.03 Å². The van der Waals surface area contributed by atoms with E-state index in [1.54, 1.807) is 30.3 Å². The number of rotatable bonds is 4. The summed E-state index contributed by atoms with van der Waals surface area (Å²) >= 11 is 6.15. The van der Waals surface area contributed by atoms with Crippen LogP contribution in [0.1, 0.15) is 10.4 Å². The summed E-state index contributed by atoms with van der Waals surface area (Å²) in [6.45, 7) is 3.66. The van der Waals surface area contributed by atoms with Crippen LogP contribution in [-0.2, 0) is 0 Å². The van der Waals surface area contributed by atoms with E-state index in [-0.39, 0.29) is 5.91 Å². The van der Waals surface area contributed by atoms with E-state index in [1.165, 1.54) is 0 Å². The summed E-state index contributed by atoms with van der Waals surface area (Å²) in [4.78, 5) is 28.2. The van der Waals surface area contributed by atoms with Gasteiger partial charge >= 0.3 is 6.03 Å². The highest BCUT2D eigenvalue weighted by Crippen LogP contribution is 2.30. The average Bonchev–Trinajstić information content (AvgIpc) is 2.62. The van der Waals surface area contributed by atoms with E-state index in [9.17, 15) is 9.59 Å². The van der Waals surface area contributed by atoms with Crippen LogP contribution in [0.4, 0.5) is 21.9 Å². The van der Waals surface area contributed by atoms with Crippen LogP contribution in [0.15, 0.2) is 42.5 Å².